The number of aromatic nitrogens is 2. The third kappa shape index (κ3) is 6.26. The summed E-state index contributed by atoms with van der Waals surface area (Å²) in [5.41, 5.74) is 8.29. The van der Waals surface area contributed by atoms with Gasteiger partial charge in [0.25, 0.3) is 0 Å². The van der Waals surface area contributed by atoms with Gasteiger partial charge in [-0.1, -0.05) is 12.1 Å². The Hall–Kier alpha value is -1.50. The first-order valence-electron chi connectivity index (χ1n) is 10.2. The van der Waals surface area contributed by atoms with Crippen LogP contribution in [0.2, 0.25) is 0 Å². The standard InChI is InChI=1S/C11H15BrN2.C11H17N3/c2*1-14-6-4-9(5-7-14)10-2-3-11(12)13-8-10/h2-3,8-9H,4-7H2,1H3;2-3,8-9H,4-7H2,1H3,(H2,12,13). The number of pyridine rings is 2. The van der Waals surface area contributed by atoms with Gasteiger partial charge in [-0.3, -0.25) is 0 Å². The van der Waals surface area contributed by atoms with Crippen LogP contribution in [0.25, 0.3) is 0 Å². The van der Waals surface area contributed by atoms with E-state index in [0.29, 0.717) is 17.7 Å². The Kier molecular flexibility index (Phi) is 7.82. The molecule has 2 aromatic heterocycles. The Bertz CT molecular complexity index is 639. The summed E-state index contributed by atoms with van der Waals surface area (Å²) < 4.78 is 0.925. The fourth-order valence-electron chi connectivity index (χ4n) is 3.97. The van der Waals surface area contributed by atoms with Gasteiger partial charge in [0, 0.05) is 12.4 Å². The van der Waals surface area contributed by atoms with Crippen LogP contribution in [0.4, 0.5) is 5.82 Å². The van der Waals surface area contributed by atoms with Gasteiger partial charge in [0.1, 0.15) is 10.4 Å². The number of nitrogens with zero attached hydrogens (tertiary/aromatic N) is 4. The van der Waals surface area contributed by atoms with Crippen molar-refractivity contribution in [3.63, 3.8) is 0 Å². The zero-order chi connectivity index (χ0) is 19.9. The Morgan fingerprint density at radius 1 is 0.786 bits per heavy atom. The maximum absolute atomic E-state index is 5.56. The van der Waals surface area contributed by atoms with Crippen LogP contribution in [0.15, 0.2) is 41.3 Å². The van der Waals surface area contributed by atoms with Crippen LogP contribution >= 0.6 is 15.9 Å². The third-order valence-electron chi connectivity index (χ3n) is 5.94. The van der Waals surface area contributed by atoms with Crippen molar-refractivity contribution in [2.24, 2.45) is 0 Å². The lowest BCUT2D eigenvalue weighted by Gasteiger charge is -2.28. The smallest absolute Gasteiger partial charge is 0.123 e. The van der Waals surface area contributed by atoms with Crippen LogP contribution in [0.5, 0.6) is 0 Å². The molecule has 2 N–H and O–H groups in total. The molecule has 2 saturated heterocycles. The average molecular weight is 446 g/mol. The summed E-state index contributed by atoms with van der Waals surface area (Å²) in [7, 11) is 4.37. The van der Waals surface area contributed by atoms with Crippen molar-refractivity contribution in [2.45, 2.75) is 37.5 Å². The molecule has 4 heterocycles. The topological polar surface area (TPSA) is 58.3 Å². The zero-order valence-electron chi connectivity index (χ0n) is 17.0. The number of piperidine rings is 2. The number of likely N-dealkylation sites (tertiary alicyclic amines) is 2. The van der Waals surface area contributed by atoms with Crippen molar-refractivity contribution in [2.75, 3.05) is 46.0 Å². The molecule has 0 aliphatic carbocycles. The van der Waals surface area contributed by atoms with Crippen molar-refractivity contribution in [3.05, 3.63) is 52.4 Å². The van der Waals surface area contributed by atoms with Crippen LogP contribution in [0.3, 0.4) is 0 Å². The summed E-state index contributed by atoms with van der Waals surface area (Å²) in [5.74, 6) is 2.01. The summed E-state index contributed by atoms with van der Waals surface area (Å²) in [6, 6.07) is 8.23. The van der Waals surface area contributed by atoms with E-state index in [2.05, 4.69) is 61.9 Å². The number of hydrogen-bond acceptors (Lipinski definition) is 5. The van der Waals surface area contributed by atoms with Gasteiger partial charge in [-0.2, -0.15) is 0 Å². The molecule has 0 amide bonds. The zero-order valence-corrected chi connectivity index (χ0v) is 18.6. The van der Waals surface area contributed by atoms with Gasteiger partial charge < -0.3 is 15.5 Å². The second-order valence-corrected chi connectivity index (χ2v) is 8.90. The molecule has 0 radical (unpaired) electrons. The minimum absolute atomic E-state index is 0.613. The monoisotopic (exact) mass is 445 g/mol. The van der Waals surface area contributed by atoms with Gasteiger partial charge in [-0.15, -0.1) is 0 Å². The van der Waals surface area contributed by atoms with Crippen LogP contribution < -0.4 is 5.73 Å². The largest absolute Gasteiger partial charge is 0.384 e. The van der Waals surface area contributed by atoms with Crippen LogP contribution in [-0.4, -0.2) is 60.0 Å². The van der Waals surface area contributed by atoms with Crippen LogP contribution in [0.1, 0.15) is 48.6 Å². The van der Waals surface area contributed by atoms with Crippen LogP contribution in [0, 0.1) is 0 Å². The lowest BCUT2D eigenvalue weighted by Crippen LogP contribution is -2.29. The molecule has 2 fully saturated rings. The summed E-state index contributed by atoms with van der Waals surface area (Å²) in [6.07, 6.45) is 8.93. The van der Waals surface area contributed by atoms with Crippen molar-refractivity contribution in [3.8, 4) is 0 Å². The molecule has 0 aromatic carbocycles. The van der Waals surface area contributed by atoms with Gasteiger partial charge in [-0.25, -0.2) is 9.97 Å². The predicted molar refractivity (Wildman–Crippen MR) is 120 cm³/mol. The average Bonchev–Trinajstić information content (AvgIpc) is 2.71. The first-order valence-corrected chi connectivity index (χ1v) is 11.0. The molecule has 0 saturated carbocycles. The van der Waals surface area contributed by atoms with Crippen molar-refractivity contribution < 1.29 is 0 Å². The van der Waals surface area contributed by atoms with Gasteiger partial charge in [0.2, 0.25) is 0 Å². The highest BCUT2D eigenvalue weighted by atomic mass is 79.9. The Labute approximate surface area is 177 Å². The van der Waals surface area contributed by atoms with E-state index in [1.54, 1.807) is 0 Å². The molecule has 2 aliphatic rings. The Balaban J connectivity index is 0.000000161. The van der Waals surface area contributed by atoms with E-state index in [1.165, 1.54) is 63.0 Å². The fraction of sp³-hybridized carbons (Fsp3) is 0.545. The molecule has 5 nitrogen and oxygen atoms in total. The minimum atomic E-state index is 0.613. The SMILES string of the molecule is CN1CCC(c2ccc(Br)nc2)CC1.CN1CCC(c2ccc(N)nc2)CC1. The molecular weight excluding hydrogens is 414 g/mol. The summed E-state index contributed by atoms with van der Waals surface area (Å²) in [4.78, 5) is 13.2. The quantitative estimate of drug-likeness (QED) is 0.704. The number of rotatable bonds is 2. The number of hydrogen-bond donors (Lipinski definition) is 1. The van der Waals surface area contributed by atoms with E-state index < -0.39 is 0 Å². The number of halogens is 1. The highest BCUT2D eigenvalue weighted by Gasteiger charge is 2.19. The number of nitrogens with two attached hydrogens (primary N) is 1. The number of nitrogen functional groups attached to an aromatic ring is 1. The summed E-state index contributed by atoms with van der Waals surface area (Å²) in [6.45, 7) is 4.80. The third-order valence-corrected chi connectivity index (χ3v) is 6.41. The van der Waals surface area contributed by atoms with Gasteiger partial charge in [0.05, 0.1) is 0 Å². The fourth-order valence-corrected chi connectivity index (χ4v) is 4.21. The summed E-state index contributed by atoms with van der Waals surface area (Å²) in [5, 5.41) is 0. The van der Waals surface area contributed by atoms with Gasteiger partial charge in [0.15, 0.2) is 0 Å². The second-order valence-electron chi connectivity index (χ2n) is 8.09. The molecule has 2 aromatic rings. The first kappa shape index (κ1) is 21.2. The highest BCUT2D eigenvalue weighted by molar-refractivity contribution is 9.10. The van der Waals surface area contributed by atoms with Crippen LogP contribution in [-0.2, 0) is 0 Å². The second kappa shape index (κ2) is 10.3. The first-order chi connectivity index (χ1) is 13.5. The predicted octanol–water partition coefficient (Wildman–Crippen LogP) is 4.13. The molecule has 0 bridgehead atoms. The molecule has 6 heteroatoms. The lowest BCUT2D eigenvalue weighted by molar-refractivity contribution is 0.255. The van der Waals surface area contributed by atoms with Crippen molar-refractivity contribution in [1.29, 1.82) is 0 Å². The van der Waals surface area contributed by atoms with Gasteiger partial charge in [-0.05, 0) is 117 Å². The maximum Gasteiger partial charge on any atom is 0.123 e. The molecule has 28 heavy (non-hydrogen) atoms. The number of anilines is 1. The molecule has 4 rings (SSSR count). The molecular formula is C22H32BrN5. The van der Waals surface area contributed by atoms with Crippen molar-refractivity contribution >= 4 is 21.7 Å². The normalized spacial score (nSPS) is 19.8. The Morgan fingerprint density at radius 2 is 1.25 bits per heavy atom. The van der Waals surface area contributed by atoms with E-state index >= 15 is 0 Å². The van der Waals surface area contributed by atoms with E-state index in [9.17, 15) is 0 Å². The van der Waals surface area contributed by atoms with E-state index in [4.69, 9.17) is 5.73 Å². The van der Waals surface area contributed by atoms with E-state index in [-0.39, 0.29) is 0 Å². The van der Waals surface area contributed by atoms with E-state index in [1.807, 2.05) is 24.5 Å². The summed E-state index contributed by atoms with van der Waals surface area (Å²) >= 11 is 3.36. The highest BCUT2D eigenvalue weighted by Crippen LogP contribution is 2.28. The molecule has 0 spiro atoms. The molecule has 2 aliphatic heterocycles. The van der Waals surface area contributed by atoms with Gasteiger partial charge >= 0.3 is 0 Å². The Morgan fingerprint density at radius 3 is 1.64 bits per heavy atom. The lowest BCUT2D eigenvalue weighted by atomic mass is 9.91. The maximum atomic E-state index is 5.56. The van der Waals surface area contributed by atoms with Crippen molar-refractivity contribution in [1.82, 2.24) is 19.8 Å². The minimum Gasteiger partial charge on any atom is -0.384 e. The molecule has 0 atom stereocenters. The van der Waals surface area contributed by atoms with E-state index in [0.717, 1.165) is 4.60 Å². The molecule has 152 valence electrons. The molecule has 0 unspecified atom stereocenters.